The summed E-state index contributed by atoms with van der Waals surface area (Å²) in [5.74, 6) is 0.672. The van der Waals surface area contributed by atoms with Gasteiger partial charge in [-0.1, -0.05) is 17.7 Å². The van der Waals surface area contributed by atoms with E-state index in [2.05, 4.69) is 10.6 Å². The average molecular weight is 413 g/mol. The Morgan fingerprint density at radius 1 is 1.10 bits per heavy atom. The Morgan fingerprint density at radius 2 is 1.93 bits per heavy atom. The van der Waals surface area contributed by atoms with Gasteiger partial charge >= 0.3 is 0 Å². The van der Waals surface area contributed by atoms with E-state index in [-0.39, 0.29) is 17.9 Å². The van der Waals surface area contributed by atoms with E-state index in [0.717, 1.165) is 24.8 Å². The van der Waals surface area contributed by atoms with E-state index in [1.54, 1.807) is 42.5 Å². The predicted octanol–water partition coefficient (Wildman–Crippen LogP) is 4.05. The maximum atomic E-state index is 12.3. The fourth-order valence-corrected chi connectivity index (χ4v) is 3.21. The second kappa shape index (κ2) is 8.57. The number of benzene rings is 2. The molecule has 0 radical (unpaired) electrons. The quantitative estimate of drug-likeness (QED) is 0.726. The molecule has 0 bridgehead atoms. The molecule has 1 aliphatic carbocycles. The summed E-state index contributed by atoms with van der Waals surface area (Å²) in [6.45, 7) is 1.11. The van der Waals surface area contributed by atoms with E-state index in [1.165, 1.54) is 6.08 Å². The van der Waals surface area contributed by atoms with Crippen molar-refractivity contribution >= 4 is 35.2 Å². The van der Waals surface area contributed by atoms with Crippen molar-refractivity contribution in [2.45, 2.75) is 25.3 Å². The van der Waals surface area contributed by atoms with Gasteiger partial charge in [-0.15, -0.1) is 0 Å². The highest BCUT2D eigenvalue weighted by Crippen LogP contribution is 2.38. The zero-order valence-electron chi connectivity index (χ0n) is 15.7. The fourth-order valence-electron chi connectivity index (χ4n) is 2.94. The van der Waals surface area contributed by atoms with Gasteiger partial charge in [-0.25, -0.2) is 0 Å². The molecule has 1 aliphatic heterocycles. The lowest BCUT2D eigenvalue weighted by Crippen LogP contribution is -2.25. The number of hydrogen-bond donors (Lipinski definition) is 2. The van der Waals surface area contributed by atoms with E-state index >= 15 is 0 Å². The molecule has 0 aromatic heterocycles. The van der Waals surface area contributed by atoms with Crippen LogP contribution in [0, 0.1) is 0 Å². The van der Waals surface area contributed by atoms with Gasteiger partial charge in [-0.05, 0) is 54.8 Å². The summed E-state index contributed by atoms with van der Waals surface area (Å²) in [5, 5.41) is 6.14. The first-order valence-electron chi connectivity index (χ1n) is 9.57. The molecule has 2 N–H and O–H groups in total. The van der Waals surface area contributed by atoms with Gasteiger partial charge in [0.05, 0.1) is 18.2 Å². The number of hydrogen-bond acceptors (Lipinski definition) is 4. The molecule has 150 valence electrons. The van der Waals surface area contributed by atoms with Crippen LogP contribution in [0.4, 0.5) is 5.69 Å². The number of carbonyl (C=O) groups excluding carboxylic acids is 2. The van der Waals surface area contributed by atoms with Crippen LogP contribution in [0.15, 0.2) is 42.5 Å². The van der Waals surface area contributed by atoms with Crippen molar-refractivity contribution in [1.29, 1.82) is 0 Å². The van der Waals surface area contributed by atoms with Crippen LogP contribution < -0.4 is 20.1 Å². The third-order valence-electron chi connectivity index (χ3n) is 4.56. The van der Waals surface area contributed by atoms with Crippen LogP contribution in [-0.2, 0) is 4.79 Å². The van der Waals surface area contributed by atoms with E-state index in [1.807, 2.05) is 0 Å². The molecular weight excluding hydrogens is 392 g/mol. The van der Waals surface area contributed by atoms with Crippen LogP contribution in [0.2, 0.25) is 5.02 Å². The van der Waals surface area contributed by atoms with Crippen molar-refractivity contribution in [3.05, 3.63) is 58.6 Å². The third kappa shape index (κ3) is 5.09. The van der Waals surface area contributed by atoms with Gasteiger partial charge in [0.15, 0.2) is 11.5 Å². The molecule has 4 rings (SSSR count). The number of halogens is 1. The largest absolute Gasteiger partial charge is 0.489 e. The first-order chi connectivity index (χ1) is 14.1. The van der Waals surface area contributed by atoms with Gasteiger partial charge in [-0.3, -0.25) is 9.59 Å². The maximum Gasteiger partial charge on any atom is 0.251 e. The Bertz CT molecular complexity index is 969. The SMILES string of the molecule is O=C(/C=C/c1cc(Cl)c2c(c1)OCCCO2)Nc1cccc(C(=O)NC2CC2)c1. The normalized spacial score (nSPS) is 15.6. The van der Waals surface area contributed by atoms with Gasteiger partial charge in [0.2, 0.25) is 5.91 Å². The van der Waals surface area contributed by atoms with Gasteiger partial charge in [0.1, 0.15) is 0 Å². The smallest absolute Gasteiger partial charge is 0.251 e. The van der Waals surface area contributed by atoms with Crippen molar-refractivity contribution in [1.82, 2.24) is 5.32 Å². The molecule has 2 aliphatic rings. The summed E-state index contributed by atoms with van der Waals surface area (Å²) < 4.78 is 11.3. The van der Waals surface area contributed by atoms with Crippen LogP contribution in [0.1, 0.15) is 35.2 Å². The number of anilines is 1. The average Bonchev–Trinajstić information content (AvgIpc) is 3.53. The monoisotopic (exact) mass is 412 g/mol. The zero-order valence-corrected chi connectivity index (χ0v) is 16.5. The lowest BCUT2D eigenvalue weighted by Gasteiger charge is -2.10. The van der Waals surface area contributed by atoms with Crippen LogP contribution in [0.5, 0.6) is 11.5 Å². The van der Waals surface area contributed by atoms with Crippen molar-refractivity contribution in [2.75, 3.05) is 18.5 Å². The molecular formula is C22H21ClN2O4. The minimum absolute atomic E-state index is 0.124. The number of ether oxygens (including phenoxy) is 2. The molecule has 29 heavy (non-hydrogen) atoms. The van der Waals surface area contributed by atoms with Crippen molar-refractivity contribution in [3.8, 4) is 11.5 Å². The number of amides is 2. The highest BCUT2D eigenvalue weighted by molar-refractivity contribution is 6.32. The minimum Gasteiger partial charge on any atom is -0.489 e. The molecule has 2 aromatic carbocycles. The Kier molecular flexibility index (Phi) is 5.71. The van der Waals surface area contributed by atoms with E-state index in [0.29, 0.717) is 41.0 Å². The summed E-state index contributed by atoms with van der Waals surface area (Å²) in [4.78, 5) is 24.4. The van der Waals surface area contributed by atoms with Crippen LogP contribution in [-0.4, -0.2) is 31.1 Å². The highest BCUT2D eigenvalue weighted by atomic mass is 35.5. The molecule has 2 amide bonds. The molecule has 1 heterocycles. The summed E-state index contributed by atoms with van der Waals surface area (Å²) in [7, 11) is 0. The molecule has 0 atom stereocenters. The molecule has 1 fully saturated rings. The fraction of sp³-hybridized carbons (Fsp3) is 0.273. The van der Waals surface area contributed by atoms with Crippen LogP contribution in [0.3, 0.4) is 0 Å². The van der Waals surface area contributed by atoms with Crippen molar-refractivity contribution in [3.63, 3.8) is 0 Å². The van der Waals surface area contributed by atoms with Crippen molar-refractivity contribution in [2.24, 2.45) is 0 Å². The first kappa shape index (κ1) is 19.3. The van der Waals surface area contributed by atoms with Crippen molar-refractivity contribution < 1.29 is 19.1 Å². The number of rotatable bonds is 5. The Balaban J connectivity index is 1.42. The summed E-state index contributed by atoms with van der Waals surface area (Å²) in [6, 6.07) is 10.7. The van der Waals surface area contributed by atoms with Gasteiger partial charge in [-0.2, -0.15) is 0 Å². The molecule has 6 nitrogen and oxygen atoms in total. The number of fused-ring (bicyclic) bond motifs is 1. The lowest BCUT2D eigenvalue weighted by molar-refractivity contribution is -0.111. The van der Waals surface area contributed by atoms with Gasteiger partial charge in [0.25, 0.3) is 5.91 Å². The lowest BCUT2D eigenvalue weighted by atomic mass is 10.1. The Hall–Kier alpha value is -2.99. The molecule has 2 aromatic rings. The minimum atomic E-state index is -0.312. The number of carbonyl (C=O) groups is 2. The van der Waals surface area contributed by atoms with E-state index in [9.17, 15) is 9.59 Å². The van der Waals surface area contributed by atoms with E-state index in [4.69, 9.17) is 21.1 Å². The molecule has 0 spiro atoms. The topological polar surface area (TPSA) is 76.7 Å². The standard InChI is InChI=1S/C22H21ClN2O4/c23-18-11-14(12-19-21(18)29-10-2-9-28-19)5-8-20(26)24-17-4-1-3-15(13-17)22(27)25-16-6-7-16/h1,3-5,8,11-13,16H,2,6-7,9-10H2,(H,24,26)(H,25,27)/b8-5+. The summed E-state index contributed by atoms with van der Waals surface area (Å²) >= 11 is 6.28. The maximum absolute atomic E-state index is 12.3. The zero-order chi connectivity index (χ0) is 20.2. The second-order valence-electron chi connectivity index (χ2n) is 7.03. The van der Waals surface area contributed by atoms with E-state index < -0.39 is 0 Å². The van der Waals surface area contributed by atoms with Gasteiger partial charge < -0.3 is 20.1 Å². The van der Waals surface area contributed by atoms with Crippen LogP contribution in [0.25, 0.3) is 6.08 Å². The van der Waals surface area contributed by atoms with Gasteiger partial charge in [0, 0.05) is 29.8 Å². The summed E-state index contributed by atoms with van der Waals surface area (Å²) in [6.07, 6.45) is 5.90. The molecule has 7 heteroatoms. The first-order valence-corrected chi connectivity index (χ1v) is 9.95. The highest BCUT2D eigenvalue weighted by Gasteiger charge is 2.23. The molecule has 0 saturated heterocycles. The molecule has 1 saturated carbocycles. The third-order valence-corrected chi connectivity index (χ3v) is 4.84. The summed E-state index contributed by atoms with van der Waals surface area (Å²) in [5.41, 5.74) is 1.81. The van der Waals surface area contributed by atoms with Crippen LogP contribution >= 0.6 is 11.6 Å². The number of nitrogens with one attached hydrogen (secondary N) is 2. The Labute approximate surface area is 173 Å². The Morgan fingerprint density at radius 3 is 2.76 bits per heavy atom. The second-order valence-corrected chi connectivity index (χ2v) is 7.44. The predicted molar refractivity (Wildman–Crippen MR) is 112 cm³/mol. The molecule has 0 unspecified atom stereocenters.